The van der Waals surface area contributed by atoms with Gasteiger partial charge >= 0.3 is 0 Å². The van der Waals surface area contributed by atoms with Crippen molar-refractivity contribution in [3.05, 3.63) is 29.8 Å². The van der Waals surface area contributed by atoms with Crippen molar-refractivity contribution in [3.8, 4) is 0 Å². The number of halogens is 1. The molecule has 0 bridgehead atoms. The summed E-state index contributed by atoms with van der Waals surface area (Å²) < 4.78 is 12.4. The second-order valence-electron chi connectivity index (χ2n) is 1.76. The molecule has 0 aliphatic carbocycles. The highest BCUT2D eigenvalue weighted by molar-refractivity contribution is 5.11. The average molecular weight is 143 g/mol. The monoisotopic (exact) mass is 143 g/mol. The topological polar surface area (TPSA) is 53.4 Å². The zero-order valence-electron chi connectivity index (χ0n) is 5.03. The van der Waals surface area contributed by atoms with Crippen LogP contribution in [0, 0.1) is 5.95 Å². The van der Waals surface area contributed by atoms with Crippen molar-refractivity contribution in [2.24, 2.45) is 0 Å². The first kappa shape index (κ1) is 7.11. The molecule has 3 nitrogen and oxygen atoms in total. The third-order valence-electron chi connectivity index (χ3n) is 1.07. The Morgan fingerprint density at radius 1 is 1.50 bits per heavy atom. The van der Waals surface area contributed by atoms with Crippen molar-refractivity contribution in [3.63, 3.8) is 0 Å². The summed E-state index contributed by atoms with van der Waals surface area (Å²) in [6.07, 6.45) is -0.546. The Labute approximate surface area is 56.8 Å². The van der Waals surface area contributed by atoms with E-state index in [1.807, 2.05) is 0 Å². The fraction of sp³-hybridized carbons (Fsp3) is 0.167. The lowest BCUT2D eigenvalue weighted by atomic mass is 10.3. The minimum absolute atomic E-state index is 0.206. The molecule has 0 saturated heterocycles. The van der Waals surface area contributed by atoms with E-state index in [4.69, 9.17) is 10.2 Å². The molecule has 0 saturated carbocycles. The van der Waals surface area contributed by atoms with Gasteiger partial charge in [-0.15, -0.1) is 0 Å². The van der Waals surface area contributed by atoms with Crippen LogP contribution < -0.4 is 0 Å². The third-order valence-corrected chi connectivity index (χ3v) is 1.07. The van der Waals surface area contributed by atoms with Gasteiger partial charge in [-0.25, -0.2) is 4.98 Å². The van der Waals surface area contributed by atoms with Gasteiger partial charge in [-0.1, -0.05) is 0 Å². The van der Waals surface area contributed by atoms with Gasteiger partial charge in [0, 0.05) is 6.20 Å². The average Bonchev–Trinajstić information content (AvgIpc) is 1.88. The van der Waals surface area contributed by atoms with Gasteiger partial charge in [0.05, 0.1) is 5.56 Å². The number of aliphatic hydroxyl groups is 2. The Morgan fingerprint density at radius 2 is 2.20 bits per heavy atom. The first-order chi connectivity index (χ1) is 4.72. The Kier molecular flexibility index (Phi) is 1.94. The van der Waals surface area contributed by atoms with E-state index in [1.165, 1.54) is 18.3 Å². The van der Waals surface area contributed by atoms with Crippen molar-refractivity contribution < 1.29 is 14.6 Å². The third kappa shape index (κ3) is 1.29. The summed E-state index contributed by atoms with van der Waals surface area (Å²) in [5, 5.41) is 17.0. The Bertz CT molecular complexity index is 227. The molecule has 0 radical (unpaired) electrons. The van der Waals surface area contributed by atoms with Crippen LogP contribution in [0.3, 0.4) is 0 Å². The number of aliphatic hydroxyl groups excluding tert-OH is 1. The molecule has 54 valence electrons. The van der Waals surface area contributed by atoms with Gasteiger partial charge in [0.25, 0.3) is 0 Å². The van der Waals surface area contributed by atoms with Gasteiger partial charge in [0.2, 0.25) is 5.95 Å². The van der Waals surface area contributed by atoms with Gasteiger partial charge in [-0.05, 0) is 12.1 Å². The van der Waals surface area contributed by atoms with Crippen LogP contribution in [0.15, 0.2) is 18.3 Å². The van der Waals surface area contributed by atoms with Crippen LogP contribution in [-0.4, -0.2) is 15.2 Å². The summed E-state index contributed by atoms with van der Waals surface area (Å²) in [5.41, 5.74) is -0.206. The summed E-state index contributed by atoms with van der Waals surface area (Å²) in [7, 11) is 0. The second kappa shape index (κ2) is 2.72. The normalized spacial score (nSPS) is 10.4. The first-order valence-corrected chi connectivity index (χ1v) is 2.68. The van der Waals surface area contributed by atoms with Gasteiger partial charge < -0.3 is 10.2 Å². The zero-order valence-corrected chi connectivity index (χ0v) is 5.03. The van der Waals surface area contributed by atoms with Crippen molar-refractivity contribution in [1.29, 1.82) is 0 Å². The molecule has 0 amide bonds. The SMILES string of the molecule is OC(O)c1cccnc1F. The number of hydrogen-bond acceptors (Lipinski definition) is 3. The fourth-order valence-electron chi connectivity index (χ4n) is 0.591. The maximum absolute atomic E-state index is 12.4. The van der Waals surface area contributed by atoms with E-state index in [9.17, 15) is 4.39 Å². The van der Waals surface area contributed by atoms with E-state index >= 15 is 0 Å². The van der Waals surface area contributed by atoms with Crippen LogP contribution in [0.1, 0.15) is 11.9 Å². The molecule has 1 heterocycles. The quantitative estimate of drug-likeness (QED) is 0.436. The minimum atomic E-state index is -1.78. The molecule has 0 spiro atoms. The summed E-state index contributed by atoms with van der Waals surface area (Å²) >= 11 is 0. The van der Waals surface area contributed by atoms with Crippen molar-refractivity contribution in [2.45, 2.75) is 6.29 Å². The smallest absolute Gasteiger partial charge is 0.221 e. The highest BCUT2D eigenvalue weighted by Crippen LogP contribution is 2.10. The van der Waals surface area contributed by atoms with Crippen LogP contribution in [0.2, 0.25) is 0 Å². The van der Waals surface area contributed by atoms with E-state index in [0.717, 1.165) is 0 Å². The molecule has 2 N–H and O–H groups in total. The number of rotatable bonds is 1. The summed E-state index contributed by atoms with van der Waals surface area (Å²) in [6, 6.07) is 2.69. The molecule has 0 aliphatic rings. The maximum atomic E-state index is 12.4. The van der Waals surface area contributed by atoms with E-state index in [1.54, 1.807) is 0 Å². The van der Waals surface area contributed by atoms with Crippen molar-refractivity contribution >= 4 is 0 Å². The van der Waals surface area contributed by atoms with Crippen LogP contribution in [0.4, 0.5) is 4.39 Å². The molecule has 0 fully saturated rings. The van der Waals surface area contributed by atoms with Crippen LogP contribution in [-0.2, 0) is 0 Å². The van der Waals surface area contributed by atoms with Gasteiger partial charge in [-0.3, -0.25) is 0 Å². The molecule has 10 heavy (non-hydrogen) atoms. The summed E-state index contributed by atoms with van der Waals surface area (Å²) in [5.74, 6) is -0.850. The Morgan fingerprint density at radius 3 is 2.60 bits per heavy atom. The maximum Gasteiger partial charge on any atom is 0.221 e. The molecule has 1 aromatic rings. The minimum Gasteiger partial charge on any atom is -0.364 e. The first-order valence-electron chi connectivity index (χ1n) is 2.68. The molecule has 0 aromatic carbocycles. The summed E-state index contributed by atoms with van der Waals surface area (Å²) in [4.78, 5) is 3.21. The van der Waals surface area contributed by atoms with Gasteiger partial charge in [0.15, 0.2) is 6.29 Å². The van der Waals surface area contributed by atoms with E-state index in [2.05, 4.69) is 4.98 Å². The van der Waals surface area contributed by atoms with Crippen molar-refractivity contribution in [1.82, 2.24) is 4.98 Å². The molecule has 1 aromatic heterocycles. The summed E-state index contributed by atoms with van der Waals surface area (Å²) in [6.45, 7) is 0. The lowest BCUT2D eigenvalue weighted by molar-refractivity contribution is -0.0454. The Balaban J connectivity index is 3.03. The van der Waals surface area contributed by atoms with Crippen LogP contribution in [0.5, 0.6) is 0 Å². The number of nitrogens with zero attached hydrogens (tertiary/aromatic N) is 1. The predicted octanol–water partition coefficient (Wildman–Crippen LogP) is 0.204. The predicted molar refractivity (Wildman–Crippen MR) is 31.4 cm³/mol. The molecule has 4 heteroatoms. The Hall–Kier alpha value is -1.00. The fourth-order valence-corrected chi connectivity index (χ4v) is 0.591. The van der Waals surface area contributed by atoms with E-state index < -0.39 is 12.2 Å². The molecular weight excluding hydrogens is 137 g/mol. The molecule has 1 rings (SSSR count). The zero-order chi connectivity index (χ0) is 7.56. The van der Waals surface area contributed by atoms with E-state index in [-0.39, 0.29) is 5.56 Å². The highest BCUT2D eigenvalue weighted by atomic mass is 19.1. The number of pyridine rings is 1. The second-order valence-corrected chi connectivity index (χ2v) is 1.76. The number of aromatic nitrogens is 1. The van der Waals surface area contributed by atoms with E-state index in [0.29, 0.717) is 0 Å². The molecule has 0 atom stereocenters. The molecule has 0 unspecified atom stereocenters. The lowest BCUT2D eigenvalue weighted by Crippen LogP contribution is -1.99. The van der Waals surface area contributed by atoms with Crippen molar-refractivity contribution in [2.75, 3.05) is 0 Å². The van der Waals surface area contributed by atoms with Crippen LogP contribution >= 0.6 is 0 Å². The molecule has 0 aliphatic heterocycles. The highest BCUT2D eigenvalue weighted by Gasteiger charge is 2.07. The number of hydrogen-bond donors (Lipinski definition) is 2. The van der Waals surface area contributed by atoms with Gasteiger partial charge in [0.1, 0.15) is 0 Å². The standard InChI is InChI=1S/C6H6FNO2/c7-5-4(6(9)10)2-1-3-8-5/h1-3,6,9-10H. The largest absolute Gasteiger partial charge is 0.364 e. The van der Waals surface area contributed by atoms with Crippen LogP contribution in [0.25, 0.3) is 0 Å². The lowest BCUT2D eigenvalue weighted by Gasteiger charge is -2.01. The molecular formula is C6H6FNO2. The van der Waals surface area contributed by atoms with Gasteiger partial charge in [-0.2, -0.15) is 4.39 Å².